The summed E-state index contributed by atoms with van der Waals surface area (Å²) < 4.78 is 18.0. The van der Waals surface area contributed by atoms with E-state index in [9.17, 15) is 9.59 Å². The van der Waals surface area contributed by atoms with E-state index in [1.165, 1.54) is 6.42 Å². The van der Waals surface area contributed by atoms with Gasteiger partial charge in [0.25, 0.3) is 0 Å². The zero-order valence-electron chi connectivity index (χ0n) is 26.2. The Bertz CT molecular complexity index is 1280. The van der Waals surface area contributed by atoms with E-state index in [0.717, 1.165) is 47.6 Å². The van der Waals surface area contributed by atoms with E-state index in [1.54, 1.807) is 26.8 Å². The van der Waals surface area contributed by atoms with Crippen molar-refractivity contribution in [2.45, 2.75) is 72.0 Å². The molecule has 3 aromatic carbocycles. The molecule has 1 saturated heterocycles. The lowest BCUT2D eigenvalue weighted by Crippen LogP contribution is -2.68. The van der Waals surface area contributed by atoms with Gasteiger partial charge in [0.2, 0.25) is 5.91 Å². The smallest absolute Gasteiger partial charge is 0.506 e. The molecule has 0 radical (unpaired) electrons. The molecule has 4 rings (SSSR count). The van der Waals surface area contributed by atoms with Crippen molar-refractivity contribution >= 4 is 37.1 Å². The summed E-state index contributed by atoms with van der Waals surface area (Å²) in [7, 11) is -3.08. The van der Waals surface area contributed by atoms with Crippen molar-refractivity contribution < 1.29 is 28.3 Å². The number of carbonyl (C=O) groups is 2. The maximum absolute atomic E-state index is 12.5. The third-order valence-corrected chi connectivity index (χ3v) is 9.99. The Kier molecular flexibility index (Phi) is 11.7. The molecule has 0 bridgehead atoms. The van der Waals surface area contributed by atoms with Gasteiger partial charge in [0.1, 0.15) is 11.4 Å². The van der Waals surface area contributed by atoms with Crippen LogP contribution in [0.5, 0.6) is 5.75 Å². The Morgan fingerprint density at radius 3 is 1.67 bits per heavy atom. The van der Waals surface area contributed by atoms with Crippen molar-refractivity contribution in [2.75, 3.05) is 13.1 Å². The van der Waals surface area contributed by atoms with Crippen molar-refractivity contribution in [3.63, 3.8) is 0 Å². The summed E-state index contributed by atoms with van der Waals surface area (Å²) in [6, 6.07) is 28.4. The highest BCUT2D eigenvalue weighted by Crippen LogP contribution is 2.23. The first-order valence-electron chi connectivity index (χ1n) is 14.8. The molecule has 1 amide bonds. The zero-order valence-corrected chi connectivity index (χ0v) is 27.2. The second kappa shape index (κ2) is 15.0. The van der Waals surface area contributed by atoms with E-state index < -0.39 is 25.9 Å². The number of carbonyl (C=O) groups excluding carboxylic acids is 1. The van der Waals surface area contributed by atoms with Gasteiger partial charge >= 0.3 is 14.7 Å². The fourth-order valence-electron chi connectivity index (χ4n) is 4.63. The van der Waals surface area contributed by atoms with Crippen LogP contribution in [-0.2, 0) is 14.0 Å². The lowest BCUT2D eigenvalue weighted by molar-refractivity contribution is -0.126. The first-order chi connectivity index (χ1) is 20.3. The number of benzene rings is 3. The van der Waals surface area contributed by atoms with Gasteiger partial charge in [-0.1, -0.05) is 72.8 Å². The van der Waals surface area contributed by atoms with E-state index in [1.807, 2.05) is 71.6 Å². The number of amides is 1. The maximum Gasteiger partial charge on any atom is 0.506 e. The van der Waals surface area contributed by atoms with Crippen LogP contribution in [0.25, 0.3) is 6.08 Å². The fourth-order valence-corrected chi connectivity index (χ4v) is 8.07. The van der Waals surface area contributed by atoms with Gasteiger partial charge < -0.3 is 23.6 Å². The highest BCUT2D eigenvalue weighted by Gasteiger charge is 2.48. The minimum atomic E-state index is -3.08. The Hall–Kier alpha value is -3.88. The molecule has 1 N–H and O–H groups in total. The van der Waals surface area contributed by atoms with E-state index in [2.05, 4.69) is 49.8 Å². The molecule has 230 valence electrons. The van der Waals surface area contributed by atoms with E-state index in [-0.39, 0.29) is 5.91 Å². The lowest BCUT2D eigenvalue weighted by Gasteiger charge is -2.37. The molecule has 0 saturated carbocycles. The van der Waals surface area contributed by atoms with Gasteiger partial charge in [0, 0.05) is 29.5 Å². The molecule has 0 aliphatic carbocycles. The van der Waals surface area contributed by atoms with Crippen molar-refractivity contribution in [3.05, 3.63) is 96.6 Å². The SMILES string of the molecule is CC(C)(C)OC(=O)O.CC(C)(C)O[Si](Oc1ccc(C=CC(=O)N2CCCCC2)cc1)(c1ccccc1)c1ccccc1. The Morgan fingerprint density at radius 1 is 0.744 bits per heavy atom. The summed E-state index contributed by atoms with van der Waals surface area (Å²) in [6.45, 7) is 13.0. The standard InChI is InChI=1S/C30H35NO3Si.C5H10O3/c1-30(2,3)34-35(27-13-7-4-8-14-27,28-15-9-5-10-16-28)33-26-20-17-25(18-21-26)19-22-29(32)31-23-11-6-12-24-31;1-5(2,3)8-4(6)7/h4-5,7-10,13-22H,6,11-12,23-24H2,1-3H3;1-3H3,(H,6,7). The maximum atomic E-state index is 12.5. The first-order valence-corrected chi connectivity index (χ1v) is 16.6. The molecule has 0 unspecified atom stereocenters. The van der Waals surface area contributed by atoms with Crippen molar-refractivity contribution in [2.24, 2.45) is 0 Å². The third-order valence-electron chi connectivity index (χ3n) is 6.38. The lowest BCUT2D eigenvalue weighted by atomic mass is 10.1. The minimum absolute atomic E-state index is 0.0863. The van der Waals surface area contributed by atoms with Crippen molar-refractivity contribution in [1.29, 1.82) is 0 Å². The van der Waals surface area contributed by atoms with Crippen LogP contribution in [0.3, 0.4) is 0 Å². The topological polar surface area (TPSA) is 85.3 Å². The molecule has 0 aromatic heterocycles. The monoisotopic (exact) mass is 603 g/mol. The van der Waals surface area contributed by atoms with Crippen LogP contribution in [0.4, 0.5) is 4.79 Å². The van der Waals surface area contributed by atoms with Gasteiger partial charge in [-0.2, -0.15) is 0 Å². The first kappa shape index (κ1) is 33.6. The Labute approximate surface area is 257 Å². The number of nitrogens with zero attached hydrogens (tertiary/aromatic N) is 1. The summed E-state index contributed by atoms with van der Waals surface area (Å²) in [5.74, 6) is 0.830. The van der Waals surface area contributed by atoms with E-state index in [4.69, 9.17) is 14.0 Å². The molecule has 7 nitrogen and oxygen atoms in total. The van der Waals surface area contributed by atoms with Gasteiger partial charge in [-0.25, -0.2) is 4.79 Å². The predicted molar refractivity (Wildman–Crippen MR) is 174 cm³/mol. The highest BCUT2D eigenvalue weighted by atomic mass is 28.4. The molecule has 1 heterocycles. The summed E-state index contributed by atoms with van der Waals surface area (Å²) in [5.41, 5.74) is -0.0209. The van der Waals surface area contributed by atoms with E-state index in [0.29, 0.717) is 0 Å². The predicted octanol–water partition coefficient (Wildman–Crippen LogP) is 6.64. The average Bonchev–Trinajstić information content (AvgIpc) is 2.96. The van der Waals surface area contributed by atoms with Gasteiger partial charge in [0.15, 0.2) is 0 Å². The molecule has 3 aromatic rings. The quantitative estimate of drug-likeness (QED) is 0.185. The molecule has 0 spiro atoms. The van der Waals surface area contributed by atoms with Crippen LogP contribution in [0.1, 0.15) is 66.4 Å². The Balaban J connectivity index is 0.000000557. The summed E-state index contributed by atoms with van der Waals surface area (Å²) in [6.07, 6.45) is 5.73. The van der Waals surface area contributed by atoms with Crippen molar-refractivity contribution in [3.8, 4) is 5.75 Å². The van der Waals surface area contributed by atoms with Crippen LogP contribution >= 0.6 is 0 Å². The molecular formula is C35H45NO6Si. The number of carboxylic acid groups (broad SMARTS) is 1. The molecular weight excluding hydrogens is 558 g/mol. The molecule has 8 heteroatoms. The van der Waals surface area contributed by atoms with E-state index >= 15 is 0 Å². The Morgan fingerprint density at radius 2 is 1.26 bits per heavy atom. The molecule has 1 aliphatic rings. The van der Waals surface area contributed by atoms with Crippen LogP contribution in [0.2, 0.25) is 0 Å². The van der Waals surface area contributed by atoms with Crippen LogP contribution in [-0.4, -0.2) is 54.9 Å². The van der Waals surface area contributed by atoms with Crippen molar-refractivity contribution in [1.82, 2.24) is 4.90 Å². The number of likely N-dealkylation sites (tertiary alicyclic amines) is 1. The third kappa shape index (κ3) is 11.0. The average molecular weight is 604 g/mol. The van der Waals surface area contributed by atoms with Gasteiger partial charge in [-0.15, -0.1) is 0 Å². The van der Waals surface area contributed by atoms with Gasteiger partial charge in [0.05, 0.1) is 5.60 Å². The summed E-state index contributed by atoms with van der Waals surface area (Å²) >= 11 is 0. The fraction of sp³-hybridized carbons (Fsp3) is 0.371. The second-order valence-corrected chi connectivity index (χ2v) is 15.2. The molecule has 1 fully saturated rings. The second-order valence-electron chi connectivity index (χ2n) is 12.4. The molecule has 0 atom stereocenters. The summed E-state index contributed by atoms with van der Waals surface area (Å²) in [5, 5.41) is 10.1. The highest BCUT2D eigenvalue weighted by molar-refractivity contribution is 6.93. The molecule has 43 heavy (non-hydrogen) atoms. The number of hydrogen-bond donors (Lipinski definition) is 1. The normalized spacial score (nSPS) is 14.0. The zero-order chi connectivity index (χ0) is 31.5. The number of piperidine rings is 1. The number of rotatable bonds is 7. The van der Waals surface area contributed by atoms with Crippen LogP contribution in [0, 0.1) is 0 Å². The van der Waals surface area contributed by atoms with Crippen LogP contribution in [0.15, 0.2) is 91.0 Å². The number of ether oxygens (including phenoxy) is 1. The van der Waals surface area contributed by atoms with Gasteiger partial charge in [-0.3, -0.25) is 4.79 Å². The minimum Gasteiger partial charge on any atom is -0.514 e. The largest absolute Gasteiger partial charge is 0.514 e. The van der Waals surface area contributed by atoms with Gasteiger partial charge in [-0.05, 0) is 84.6 Å². The molecule has 1 aliphatic heterocycles. The van der Waals surface area contributed by atoms with Crippen LogP contribution < -0.4 is 14.8 Å². The summed E-state index contributed by atoms with van der Waals surface area (Å²) in [4.78, 5) is 24.2. The number of hydrogen-bond acceptors (Lipinski definition) is 5.